The number of halogens is 2. The zero-order valence-electron chi connectivity index (χ0n) is 13.2. The predicted octanol–water partition coefficient (Wildman–Crippen LogP) is 5.34. The maximum Gasteiger partial charge on any atom is 0.0767 e. The molecule has 0 aromatic heterocycles. The molecule has 1 N–H and O–H groups in total. The van der Waals surface area contributed by atoms with Crippen LogP contribution >= 0.6 is 24.8 Å². The molecule has 1 aromatic rings. The molecule has 0 fully saturated rings. The summed E-state index contributed by atoms with van der Waals surface area (Å²) >= 11 is 0. The van der Waals surface area contributed by atoms with Crippen LogP contribution in [0.4, 0.5) is 0 Å². The second-order valence-corrected chi connectivity index (χ2v) is 5.33. The molecule has 0 spiro atoms. The van der Waals surface area contributed by atoms with Gasteiger partial charge in [-0.05, 0) is 55.5 Å². The Morgan fingerprint density at radius 3 is 1.95 bits per heavy atom. The third-order valence-electron chi connectivity index (χ3n) is 4.34. The largest absolute Gasteiger partial charge is 0.389 e. The third-order valence-corrected chi connectivity index (χ3v) is 4.34. The molecule has 116 valence electrons. The van der Waals surface area contributed by atoms with E-state index >= 15 is 0 Å². The van der Waals surface area contributed by atoms with Gasteiger partial charge in [-0.15, -0.1) is 24.8 Å². The Labute approximate surface area is 155 Å². The fourth-order valence-electron chi connectivity index (χ4n) is 2.91. The van der Waals surface area contributed by atoms with E-state index in [4.69, 9.17) is 0 Å². The van der Waals surface area contributed by atoms with Crippen molar-refractivity contribution in [3.8, 4) is 0 Å². The topological polar surface area (TPSA) is 20.2 Å². The van der Waals surface area contributed by atoms with E-state index in [-0.39, 0.29) is 46.5 Å². The van der Waals surface area contributed by atoms with Gasteiger partial charge in [-0.2, -0.15) is 0 Å². The van der Waals surface area contributed by atoms with Crippen LogP contribution < -0.4 is 0 Å². The van der Waals surface area contributed by atoms with Crippen molar-refractivity contribution in [3.05, 3.63) is 52.1 Å². The molecule has 2 unspecified atom stereocenters. The molecule has 1 aromatic carbocycles. The van der Waals surface area contributed by atoms with E-state index in [2.05, 4.69) is 39.8 Å². The minimum Gasteiger partial charge on any atom is -0.389 e. The van der Waals surface area contributed by atoms with Crippen molar-refractivity contribution in [3.63, 3.8) is 0 Å². The maximum atomic E-state index is 9.93. The Hall–Kier alpha value is -0.0457. The van der Waals surface area contributed by atoms with Crippen LogP contribution in [-0.4, -0.2) is 5.11 Å². The number of hydrogen-bond donors (Lipinski definition) is 1. The van der Waals surface area contributed by atoms with E-state index < -0.39 is 6.10 Å². The molecular formula is C17H24Cl2OTi. The zero-order chi connectivity index (χ0) is 13.4. The van der Waals surface area contributed by atoms with E-state index in [0.29, 0.717) is 5.92 Å². The van der Waals surface area contributed by atoms with Crippen molar-refractivity contribution >= 4 is 30.4 Å². The fourth-order valence-corrected chi connectivity index (χ4v) is 2.91. The standard InChI is InChI=1S/C17H22O.2ClH.Ti/c1-10-11(2)13(4)17(12(10)3)16-9-7-6-8-15(16)14(5)18;;;/h6-9,12,14,18H,1-5H3;2*1H;. The first-order chi connectivity index (χ1) is 8.45. The number of benzene rings is 1. The summed E-state index contributed by atoms with van der Waals surface area (Å²) < 4.78 is 0. The summed E-state index contributed by atoms with van der Waals surface area (Å²) in [6.07, 6.45) is -0.421. The SMILES string of the molecule is CC1=C(C)C(C)C(c2ccccc2C(C)O)=C1C.Cl.Cl.[Ti]. The molecule has 1 aliphatic rings. The van der Waals surface area contributed by atoms with Crippen LogP contribution in [0.3, 0.4) is 0 Å². The second kappa shape index (κ2) is 9.17. The van der Waals surface area contributed by atoms with Crippen LogP contribution in [0.25, 0.3) is 5.57 Å². The first kappa shape index (κ1) is 23.2. The van der Waals surface area contributed by atoms with Crippen molar-refractivity contribution in [1.29, 1.82) is 0 Å². The molecule has 0 heterocycles. The van der Waals surface area contributed by atoms with E-state index in [9.17, 15) is 5.11 Å². The first-order valence-corrected chi connectivity index (χ1v) is 6.61. The van der Waals surface area contributed by atoms with E-state index in [0.717, 1.165) is 5.56 Å². The van der Waals surface area contributed by atoms with Crippen LogP contribution in [0.1, 0.15) is 51.8 Å². The summed E-state index contributed by atoms with van der Waals surface area (Å²) in [5.74, 6) is 0.449. The van der Waals surface area contributed by atoms with Gasteiger partial charge in [0.05, 0.1) is 6.10 Å². The normalized spacial score (nSPS) is 18.7. The second-order valence-electron chi connectivity index (χ2n) is 5.33. The smallest absolute Gasteiger partial charge is 0.0767 e. The third kappa shape index (κ3) is 4.24. The van der Waals surface area contributed by atoms with Gasteiger partial charge < -0.3 is 5.11 Å². The van der Waals surface area contributed by atoms with Crippen LogP contribution in [0.5, 0.6) is 0 Å². The van der Waals surface area contributed by atoms with Gasteiger partial charge in [-0.3, -0.25) is 0 Å². The summed E-state index contributed by atoms with van der Waals surface area (Å²) in [7, 11) is 0. The number of allylic oxidation sites excluding steroid dienone is 4. The Morgan fingerprint density at radius 2 is 1.52 bits per heavy atom. The summed E-state index contributed by atoms with van der Waals surface area (Å²) in [6, 6.07) is 8.20. The molecule has 2 rings (SSSR count). The monoisotopic (exact) mass is 362 g/mol. The van der Waals surface area contributed by atoms with Crippen molar-refractivity contribution in [1.82, 2.24) is 0 Å². The summed E-state index contributed by atoms with van der Waals surface area (Å²) in [5.41, 5.74) is 7.82. The molecule has 1 aliphatic carbocycles. The molecule has 0 radical (unpaired) electrons. The van der Waals surface area contributed by atoms with Gasteiger partial charge in [0.15, 0.2) is 0 Å². The average Bonchev–Trinajstić information content (AvgIpc) is 2.54. The minimum absolute atomic E-state index is 0. The van der Waals surface area contributed by atoms with Gasteiger partial charge in [0.25, 0.3) is 0 Å². The summed E-state index contributed by atoms with van der Waals surface area (Å²) in [6.45, 7) is 10.7. The quantitative estimate of drug-likeness (QED) is 0.704. The molecule has 21 heavy (non-hydrogen) atoms. The maximum absolute atomic E-state index is 9.93. The van der Waals surface area contributed by atoms with Gasteiger partial charge in [0.1, 0.15) is 0 Å². The Balaban J connectivity index is 0. The molecule has 4 heteroatoms. The first-order valence-electron chi connectivity index (χ1n) is 6.61. The molecular weight excluding hydrogens is 339 g/mol. The molecule has 0 amide bonds. The van der Waals surface area contributed by atoms with E-state index in [1.165, 1.54) is 27.9 Å². The van der Waals surface area contributed by atoms with Crippen LogP contribution in [0, 0.1) is 5.92 Å². The number of aliphatic hydroxyl groups excluding tert-OH is 1. The molecule has 1 nitrogen and oxygen atoms in total. The number of hydrogen-bond acceptors (Lipinski definition) is 1. The Bertz CT molecular complexity index is 547. The summed E-state index contributed by atoms with van der Waals surface area (Å²) in [4.78, 5) is 0. The molecule has 2 atom stereocenters. The number of rotatable bonds is 2. The molecule has 0 aliphatic heterocycles. The number of aliphatic hydroxyl groups is 1. The van der Waals surface area contributed by atoms with E-state index in [1.54, 1.807) is 0 Å². The van der Waals surface area contributed by atoms with Gasteiger partial charge in [-0.25, -0.2) is 0 Å². The average molecular weight is 363 g/mol. The molecule has 0 bridgehead atoms. The summed E-state index contributed by atoms with van der Waals surface area (Å²) in [5, 5.41) is 9.93. The van der Waals surface area contributed by atoms with Gasteiger partial charge in [-0.1, -0.05) is 36.8 Å². The van der Waals surface area contributed by atoms with Crippen LogP contribution in [0.15, 0.2) is 41.0 Å². The Kier molecular flexibility index (Phi) is 10.1. The van der Waals surface area contributed by atoms with Crippen molar-refractivity contribution in [2.24, 2.45) is 5.92 Å². The van der Waals surface area contributed by atoms with Crippen LogP contribution in [-0.2, 0) is 21.7 Å². The van der Waals surface area contributed by atoms with Gasteiger partial charge in [0, 0.05) is 27.6 Å². The van der Waals surface area contributed by atoms with E-state index in [1.807, 2.05) is 19.1 Å². The molecule has 0 saturated heterocycles. The molecule has 0 saturated carbocycles. The van der Waals surface area contributed by atoms with Crippen molar-refractivity contribution < 1.29 is 26.8 Å². The zero-order valence-corrected chi connectivity index (χ0v) is 16.4. The van der Waals surface area contributed by atoms with Gasteiger partial charge >= 0.3 is 0 Å². The predicted molar refractivity (Wildman–Crippen MR) is 91.7 cm³/mol. The van der Waals surface area contributed by atoms with Crippen molar-refractivity contribution in [2.45, 2.75) is 40.7 Å². The van der Waals surface area contributed by atoms with Crippen LogP contribution in [0.2, 0.25) is 0 Å². The van der Waals surface area contributed by atoms with Crippen molar-refractivity contribution in [2.75, 3.05) is 0 Å². The minimum atomic E-state index is -0.421. The van der Waals surface area contributed by atoms with Gasteiger partial charge in [0.2, 0.25) is 0 Å². The fraction of sp³-hybridized carbons (Fsp3) is 0.412. The Morgan fingerprint density at radius 1 is 1.00 bits per heavy atom.